The lowest BCUT2D eigenvalue weighted by Crippen LogP contribution is -2.39. The van der Waals surface area contributed by atoms with Gasteiger partial charge < -0.3 is 10.6 Å². The van der Waals surface area contributed by atoms with Gasteiger partial charge in [-0.1, -0.05) is 18.2 Å². The van der Waals surface area contributed by atoms with Crippen molar-refractivity contribution in [1.82, 2.24) is 24.7 Å². The van der Waals surface area contributed by atoms with Crippen LogP contribution < -0.4 is 10.6 Å². The van der Waals surface area contributed by atoms with Crippen molar-refractivity contribution in [1.29, 1.82) is 0 Å². The Morgan fingerprint density at radius 1 is 1.19 bits per heavy atom. The van der Waals surface area contributed by atoms with E-state index < -0.39 is 10.0 Å². The molecule has 0 aliphatic carbocycles. The Hall–Kier alpha value is -1.66. The normalized spacial score (nSPS) is 12.0. The first-order valence-electron chi connectivity index (χ1n) is 10.4. The zero-order valence-electron chi connectivity index (χ0n) is 19.1. The maximum Gasteiger partial charge on any atom is 0.213 e. The van der Waals surface area contributed by atoms with Gasteiger partial charge in [-0.15, -0.1) is 24.0 Å². The molecule has 1 aromatic heterocycles. The third kappa shape index (κ3) is 8.08. The average Bonchev–Trinajstić information content (AvgIpc) is 3.06. The highest BCUT2D eigenvalue weighted by molar-refractivity contribution is 14.0. The summed E-state index contributed by atoms with van der Waals surface area (Å²) in [5.74, 6) is 0.831. The molecule has 0 aliphatic rings. The molecule has 2 aromatic rings. The molecule has 31 heavy (non-hydrogen) atoms. The molecule has 0 aliphatic heterocycles. The average molecular weight is 563 g/mol. The number of halogens is 1. The zero-order chi connectivity index (χ0) is 22.1. The van der Waals surface area contributed by atoms with Crippen LogP contribution in [0.5, 0.6) is 0 Å². The van der Waals surface area contributed by atoms with Crippen molar-refractivity contribution in [3.05, 3.63) is 47.3 Å². The summed E-state index contributed by atoms with van der Waals surface area (Å²) in [5.41, 5.74) is 4.17. The van der Waals surface area contributed by atoms with Crippen LogP contribution in [0.3, 0.4) is 0 Å². The van der Waals surface area contributed by atoms with E-state index in [2.05, 4.69) is 33.9 Å². The number of benzene rings is 1. The molecule has 0 spiro atoms. The van der Waals surface area contributed by atoms with Gasteiger partial charge in [0, 0.05) is 32.4 Å². The second kappa shape index (κ2) is 13.0. The quantitative estimate of drug-likeness (QED) is 0.201. The van der Waals surface area contributed by atoms with Gasteiger partial charge in [-0.2, -0.15) is 5.10 Å². The summed E-state index contributed by atoms with van der Waals surface area (Å²) >= 11 is 0. The minimum atomic E-state index is -3.14. The van der Waals surface area contributed by atoms with Crippen LogP contribution in [0, 0.1) is 13.8 Å². The van der Waals surface area contributed by atoms with Crippen LogP contribution in [0.25, 0.3) is 5.69 Å². The predicted octanol–water partition coefficient (Wildman–Crippen LogP) is 2.83. The summed E-state index contributed by atoms with van der Waals surface area (Å²) in [6, 6.07) is 10.2. The number of hydrogen-bond donors (Lipinski definition) is 2. The van der Waals surface area contributed by atoms with Gasteiger partial charge in [0.15, 0.2) is 5.96 Å². The summed E-state index contributed by atoms with van der Waals surface area (Å²) in [6.45, 7) is 10.1. The number of guanidine groups is 1. The number of nitrogens with zero attached hydrogens (tertiary/aromatic N) is 4. The predicted molar refractivity (Wildman–Crippen MR) is 138 cm³/mol. The van der Waals surface area contributed by atoms with E-state index >= 15 is 0 Å². The van der Waals surface area contributed by atoms with Crippen molar-refractivity contribution in [3.8, 4) is 5.69 Å². The second-order valence-electron chi connectivity index (χ2n) is 7.17. The Morgan fingerprint density at radius 3 is 2.52 bits per heavy atom. The molecule has 0 saturated heterocycles. The summed E-state index contributed by atoms with van der Waals surface area (Å²) in [6.07, 6.45) is 0.697. The van der Waals surface area contributed by atoms with Crippen molar-refractivity contribution >= 4 is 40.0 Å². The fraction of sp³-hybridized carbons (Fsp3) is 0.524. The minimum absolute atomic E-state index is 0. The molecule has 0 atom stereocenters. The highest BCUT2D eigenvalue weighted by Crippen LogP contribution is 2.17. The molecule has 0 amide bonds. The number of para-hydroxylation sites is 1. The second-order valence-corrected chi connectivity index (χ2v) is 9.53. The summed E-state index contributed by atoms with van der Waals surface area (Å²) < 4.78 is 27.0. The van der Waals surface area contributed by atoms with E-state index in [-0.39, 0.29) is 29.7 Å². The molecule has 0 unspecified atom stereocenters. The largest absolute Gasteiger partial charge is 0.357 e. The fourth-order valence-corrected chi connectivity index (χ4v) is 3.95. The van der Waals surface area contributed by atoms with Crippen LogP contribution >= 0.6 is 24.0 Å². The molecule has 10 heteroatoms. The maximum atomic E-state index is 11.8. The lowest BCUT2D eigenvalue weighted by atomic mass is 10.2. The molecular weight excluding hydrogens is 527 g/mol. The smallest absolute Gasteiger partial charge is 0.213 e. The number of hydrogen-bond acceptors (Lipinski definition) is 4. The van der Waals surface area contributed by atoms with Crippen LogP contribution in [0.1, 0.15) is 37.2 Å². The highest BCUT2D eigenvalue weighted by Gasteiger charge is 2.14. The van der Waals surface area contributed by atoms with Gasteiger partial charge in [0.2, 0.25) is 10.0 Å². The highest BCUT2D eigenvalue weighted by atomic mass is 127. The van der Waals surface area contributed by atoms with E-state index in [1.54, 1.807) is 14.0 Å². The first kappa shape index (κ1) is 27.4. The molecule has 8 nitrogen and oxygen atoms in total. The number of rotatable bonds is 10. The maximum absolute atomic E-state index is 11.8. The van der Waals surface area contributed by atoms with E-state index in [0.717, 1.165) is 29.2 Å². The number of sulfonamides is 1. The fourth-order valence-electron chi connectivity index (χ4n) is 3.10. The standard InChI is InChI=1S/C21H34N6O2S.HI/c1-6-22-21(23-13-10-14-26(5)30(28,29)7-2)24-16-19-11-8-9-12-20(19)27-18(4)15-17(3)25-27;/h8-9,11-12,15H,6-7,10,13-14,16H2,1-5H3,(H2,22,23,24);1H. The summed E-state index contributed by atoms with van der Waals surface area (Å²) in [7, 11) is -1.52. The monoisotopic (exact) mass is 562 g/mol. The van der Waals surface area contributed by atoms with E-state index in [0.29, 0.717) is 32.0 Å². The van der Waals surface area contributed by atoms with Crippen LogP contribution in [0.2, 0.25) is 0 Å². The Labute approximate surface area is 203 Å². The Morgan fingerprint density at radius 2 is 1.90 bits per heavy atom. The van der Waals surface area contributed by atoms with Gasteiger partial charge in [0.25, 0.3) is 0 Å². The van der Waals surface area contributed by atoms with Gasteiger partial charge in [-0.3, -0.25) is 0 Å². The van der Waals surface area contributed by atoms with Crippen LogP contribution in [-0.4, -0.2) is 60.9 Å². The number of aromatic nitrogens is 2. The summed E-state index contributed by atoms with van der Waals surface area (Å²) in [5, 5.41) is 11.1. The molecule has 0 fully saturated rings. The SMILES string of the molecule is CCNC(=NCc1ccccc1-n1nc(C)cc1C)NCCCN(C)S(=O)(=O)CC.I. The van der Waals surface area contributed by atoms with E-state index in [1.807, 2.05) is 37.6 Å². The number of aryl methyl sites for hydroxylation is 2. The van der Waals surface area contributed by atoms with Gasteiger partial charge in [0.05, 0.1) is 23.7 Å². The lowest BCUT2D eigenvalue weighted by molar-refractivity contribution is 0.461. The van der Waals surface area contributed by atoms with E-state index in [4.69, 9.17) is 4.99 Å². The minimum Gasteiger partial charge on any atom is -0.357 e. The first-order valence-corrected chi connectivity index (χ1v) is 12.0. The molecule has 1 heterocycles. The van der Waals surface area contributed by atoms with Crippen LogP contribution in [0.4, 0.5) is 0 Å². The molecule has 2 rings (SSSR count). The third-order valence-electron chi connectivity index (χ3n) is 4.76. The molecule has 174 valence electrons. The lowest BCUT2D eigenvalue weighted by Gasteiger charge is -2.17. The van der Waals surface area contributed by atoms with E-state index in [9.17, 15) is 8.42 Å². The van der Waals surface area contributed by atoms with Crippen molar-refractivity contribution in [2.24, 2.45) is 4.99 Å². The molecule has 1 aromatic carbocycles. The number of aliphatic imine (C=N–C) groups is 1. The zero-order valence-corrected chi connectivity index (χ0v) is 22.2. The first-order chi connectivity index (χ1) is 14.3. The Bertz CT molecular complexity index is 959. The molecule has 2 N–H and O–H groups in total. The van der Waals surface area contributed by atoms with Crippen molar-refractivity contribution in [2.45, 2.75) is 40.7 Å². The number of nitrogens with one attached hydrogen (secondary N) is 2. The van der Waals surface area contributed by atoms with Crippen molar-refractivity contribution < 1.29 is 8.42 Å². The van der Waals surface area contributed by atoms with E-state index in [1.165, 1.54) is 4.31 Å². The van der Waals surface area contributed by atoms with Gasteiger partial charge >= 0.3 is 0 Å². The topological polar surface area (TPSA) is 91.6 Å². The van der Waals surface area contributed by atoms with Gasteiger partial charge in [-0.25, -0.2) is 22.4 Å². The van der Waals surface area contributed by atoms with Crippen LogP contribution in [0.15, 0.2) is 35.3 Å². The third-order valence-corrected chi connectivity index (χ3v) is 6.62. The molecular formula is C21H35IN6O2S. The van der Waals surface area contributed by atoms with Crippen LogP contribution in [-0.2, 0) is 16.6 Å². The molecule has 0 radical (unpaired) electrons. The van der Waals surface area contributed by atoms with Gasteiger partial charge in [-0.05, 0) is 51.8 Å². The Balaban J connectivity index is 0.00000480. The van der Waals surface area contributed by atoms with Crippen molar-refractivity contribution in [3.63, 3.8) is 0 Å². The van der Waals surface area contributed by atoms with Crippen molar-refractivity contribution in [2.75, 3.05) is 32.4 Å². The Kier molecular flexibility index (Phi) is 11.5. The molecule has 0 bridgehead atoms. The molecule has 0 saturated carbocycles. The summed E-state index contributed by atoms with van der Waals surface area (Å²) in [4.78, 5) is 4.71. The van der Waals surface area contributed by atoms with Gasteiger partial charge in [0.1, 0.15) is 0 Å².